The summed E-state index contributed by atoms with van der Waals surface area (Å²) < 4.78 is 2.36. The summed E-state index contributed by atoms with van der Waals surface area (Å²) in [5, 5.41) is 0. The quantitative estimate of drug-likeness (QED) is 0.788. The van der Waals surface area contributed by atoms with E-state index >= 15 is 0 Å². The topological polar surface area (TPSA) is 76.7 Å². The average molecular weight is 236 g/mol. The maximum absolute atomic E-state index is 10.8. The third kappa shape index (κ3) is 1.96. The lowest BCUT2D eigenvalue weighted by Gasteiger charge is -2.01. The number of aryl methyl sites for hydroxylation is 2. The molecule has 2 heterocycles. The fourth-order valence-corrected chi connectivity index (χ4v) is 1.84. The Kier molecular flexibility index (Phi) is 2.74. The number of carbonyl (C=O) groups is 1. The van der Waals surface area contributed by atoms with E-state index in [0.29, 0.717) is 11.3 Å². The van der Waals surface area contributed by atoms with Crippen molar-refractivity contribution in [2.75, 3.05) is 0 Å². The largest absolute Gasteiger partial charge is 0.370 e. The normalized spacial score (nSPS) is 10.8. The van der Waals surface area contributed by atoms with Crippen LogP contribution in [0.15, 0.2) is 12.1 Å². The van der Waals surface area contributed by atoms with Crippen molar-refractivity contribution >= 4 is 29.3 Å². The second-order valence-electron chi connectivity index (χ2n) is 3.62. The van der Waals surface area contributed by atoms with Crippen molar-refractivity contribution in [3.63, 3.8) is 0 Å². The van der Waals surface area contributed by atoms with Gasteiger partial charge in [-0.1, -0.05) is 0 Å². The van der Waals surface area contributed by atoms with E-state index in [2.05, 4.69) is 9.97 Å². The third-order valence-corrected chi connectivity index (χ3v) is 2.66. The molecule has 16 heavy (non-hydrogen) atoms. The molecule has 2 rings (SSSR count). The molecule has 2 aromatic rings. The van der Waals surface area contributed by atoms with Gasteiger partial charge in [-0.3, -0.25) is 4.79 Å². The highest BCUT2D eigenvalue weighted by molar-refractivity contribution is 7.71. The van der Waals surface area contributed by atoms with Crippen LogP contribution in [0, 0.1) is 11.7 Å². The van der Waals surface area contributed by atoms with Crippen LogP contribution in [0.3, 0.4) is 0 Å². The minimum absolute atomic E-state index is 0.261. The number of imidazole rings is 1. The van der Waals surface area contributed by atoms with Crippen LogP contribution in [-0.4, -0.2) is 20.4 Å². The smallest absolute Gasteiger partial charge is 0.219 e. The molecular weight excluding hydrogens is 224 g/mol. The van der Waals surface area contributed by atoms with Gasteiger partial charge in [-0.2, -0.15) is 0 Å². The lowest BCUT2D eigenvalue weighted by atomic mass is 10.3. The maximum atomic E-state index is 10.8. The summed E-state index contributed by atoms with van der Waals surface area (Å²) in [5.74, 6) is -0.344. The Labute approximate surface area is 97.3 Å². The monoisotopic (exact) mass is 236 g/mol. The number of nitrogens with two attached hydrogens (primary N) is 1. The van der Waals surface area contributed by atoms with Gasteiger partial charge in [-0.15, -0.1) is 0 Å². The van der Waals surface area contributed by atoms with E-state index in [1.807, 2.05) is 19.1 Å². The highest BCUT2D eigenvalue weighted by atomic mass is 32.1. The van der Waals surface area contributed by atoms with Crippen molar-refractivity contribution in [2.45, 2.75) is 19.9 Å². The summed E-state index contributed by atoms with van der Waals surface area (Å²) in [6, 6.07) is 3.83. The molecule has 3 N–H and O–H groups in total. The summed E-state index contributed by atoms with van der Waals surface area (Å²) in [6.07, 6.45) is 0.261. The number of nitrogens with zero attached hydrogens (tertiary/aromatic N) is 2. The van der Waals surface area contributed by atoms with Gasteiger partial charge in [0, 0.05) is 18.7 Å². The van der Waals surface area contributed by atoms with Gasteiger partial charge in [-0.05, 0) is 31.3 Å². The van der Waals surface area contributed by atoms with Gasteiger partial charge >= 0.3 is 0 Å². The molecule has 5 nitrogen and oxygen atoms in total. The Morgan fingerprint density at radius 3 is 3.06 bits per heavy atom. The van der Waals surface area contributed by atoms with Gasteiger partial charge in [0.05, 0.1) is 5.52 Å². The van der Waals surface area contributed by atoms with Crippen LogP contribution in [0.5, 0.6) is 0 Å². The number of carbonyl (C=O) groups excluding carboxylic acids is 1. The molecule has 6 heteroatoms. The van der Waals surface area contributed by atoms with Crippen molar-refractivity contribution in [3.8, 4) is 0 Å². The minimum atomic E-state index is -0.344. The molecule has 84 valence electrons. The van der Waals surface area contributed by atoms with E-state index in [9.17, 15) is 4.79 Å². The zero-order valence-corrected chi connectivity index (χ0v) is 9.67. The van der Waals surface area contributed by atoms with E-state index in [4.69, 9.17) is 18.0 Å². The predicted molar refractivity (Wildman–Crippen MR) is 63.5 cm³/mol. The molecule has 2 aromatic heterocycles. The fraction of sp³-hybridized carbons (Fsp3) is 0.300. The Morgan fingerprint density at radius 1 is 1.62 bits per heavy atom. The number of H-pyrrole nitrogens is 1. The number of pyridine rings is 1. The molecule has 0 unspecified atom stereocenters. The number of fused-ring (bicyclic) bond motifs is 1. The second kappa shape index (κ2) is 4.05. The molecule has 0 bridgehead atoms. The summed E-state index contributed by atoms with van der Waals surface area (Å²) in [5.41, 5.74) is 7.67. The van der Waals surface area contributed by atoms with Crippen molar-refractivity contribution in [3.05, 3.63) is 22.6 Å². The molecule has 0 saturated carbocycles. The molecular formula is C10H12N4OS. The number of nitrogens with one attached hydrogen (secondary N) is 1. The van der Waals surface area contributed by atoms with Crippen molar-refractivity contribution in [1.82, 2.24) is 14.5 Å². The molecule has 0 aromatic carbocycles. The van der Waals surface area contributed by atoms with Gasteiger partial charge in [0.1, 0.15) is 0 Å². The van der Waals surface area contributed by atoms with Gasteiger partial charge in [-0.25, -0.2) is 4.98 Å². The van der Waals surface area contributed by atoms with Crippen LogP contribution in [0.4, 0.5) is 0 Å². The van der Waals surface area contributed by atoms with Crippen LogP contribution in [-0.2, 0) is 11.3 Å². The third-order valence-electron chi connectivity index (χ3n) is 2.34. The van der Waals surface area contributed by atoms with E-state index in [-0.39, 0.29) is 12.3 Å². The molecule has 0 radical (unpaired) electrons. The van der Waals surface area contributed by atoms with Crippen LogP contribution in [0.25, 0.3) is 11.2 Å². The SMILES string of the molecule is Cc1ccc2[nH]c(=S)n(CCC(N)=O)c2n1. The fourth-order valence-electron chi connectivity index (χ4n) is 1.55. The number of amides is 1. The molecule has 0 fully saturated rings. The van der Waals surface area contributed by atoms with E-state index in [0.717, 1.165) is 16.9 Å². The first-order valence-electron chi connectivity index (χ1n) is 4.92. The van der Waals surface area contributed by atoms with E-state index in [1.165, 1.54) is 0 Å². The van der Waals surface area contributed by atoms with Gasteiger partial charge in [0.2, 0.25) is 5.91 Å². The number of aromatic amines is 1. The number of primary amides is 1. The molecule has 0 saturated heterocycles. The molecule has 0 aliphatic heterocycles. The molecule has 0 aliphatic rings. The standard InChI is InChI=1S/C10H12N4OS/c1-6-2-3-7-9(12-6)14(10(16)13-7)5-4-8(11)15/h2-3H,4-5H2,1H3,(H2,11,15)(H,13,16). The van der Waals surface area contributed by atoms with Crippen LogP contribution < -0.4 is 5.73 Å². The Morgan fingerprint density at radius 2 is 2.38 bits per heavy atom. The predicted octanol–water partition coefficient (Wildman–Crippen LogP) is 1.28. The summed E-state index contributed by atoms with van der Waals surface area (Å²) in [4.78, 5) is 18.2. The number of hydrogen-bond acceptors (Lipinski definition) is 3. The van der Waals surface area contributed by atoms with E-state index in [1.54, 1.807) is 4.57 Å². The lowest BCUT2D eigenvalue weighted by Crippen LogP contribution is -2.14. The van der Waals surface area contributed by atoms with E-state index < -0.39 is 0 Å². The first-order chi connectivity index (χ1) is 7.58. The lowest BCUT2D eigenvalue weighted by molar-refractivity contribution is -0.118. The zero-order valence-electron chi connectivity index (χ0n) is 8.86. The summed E-state index contributed by atoms with van der Waals surface area (Å²) in [7, 11) is 0. The maximum Gasteiger partial charge on any atom is 0.219 e. The molecule has 0 spiro atoms. The Balaban J connectivity index is 2.50. The number of rotatable bonds is 3. The summed E-state index contributed by atoms with van der Waals surface area (Å²) >= 11 is 5.16. The van der Waals surface area contributed by atoms with Crippen molar-refractivity contribution < 1.29 is 4.79 Å². The molecule has 1 amide bonds. The highest BCUT2D eigenvalue weighted by Gasteiger charge is 2.06. The van der Waals surface area contributed by atoms with Crippen molar-refractivity contribution in [1.29, 1.82) is 0 Å². The average Bonchev–Trinajstić information content (AvgIpc) is 2.51. The molecule has 0 aliphatic carbocycles. The van der Waals surface area contributed by atoms with Crippen LogP contribution in [0.2, 0.25) is 0 Å². The highest BCUT2D eigenvalue weighted by Crippen LogP contribution is 2.12. The van der Waals surface area contributed by atoms with Crippen LogP contribution >= 0.6 is 12.2 Å². The van der Waals surface area contributed by atoms with Crippen LogP contribution in [0.1, 0.15) is 12.1 Å². The first-order valence-corrected chi connectivity index (χ1v) is 5.33. The van der Waals surface area contributed by atoms with Gasteiger partial charge < -0.3 is 15.3 Å². The van der Waals surface area contributed by atoms with Gasteiger partial charge in [0.15, 0.2) is 10.4 Å². The Bertz CT molecular complexity index is 598. The molecule has 0 atom stereocenters. The van der Waals surface area contributed by atoms with Crippen molar-refractivity contribution in [2.24, 2.45) is 5.73 Å². The first kappa shape index (κ1) is 10.8. The zero-order chi connectivity index (χ0) is 11.7. The second-order valence-corrected chi connectivity index (χ2v) is 4.01. The van der Waals surface area contributed by atoms with Gasteiger partial charge in [0.25, 0.3) is 0 Å². The Hall–Kier alpha value is -1.69. The minimum Gasteiger partial charge on any atom is -0.370 e. The summed E-state index contributed by atoms with van der Waals surface area (Å²) in [6.45, 7) is 2.37. The number of hydrogen-bond donors (Lipinski definition) is 2. The number of aromatic nitrogens is 3.